The van der Waals surface area contributed by atoms with Gasteiger partial charge >= 0.3 is 0 Å². The molecule has 0 atom stereocenters. The van der Waals surface area contributed by atoms with Crippen LogP contribution >= 0.6 is 12.6 Å². The molecule has 0 aliphatic heterocycles. The van der Waals surface area contributed by atoms with Crippen molar-refractivity contribution in [3.63, 3.8) is 0 Å². The monoisotopic (exact) mass is 241 g/mol. The summed E-state index contributed by atoms with van der Waals surface area (Å²) in [6, 6.07) is 0. The second-order valence-electron chi connectivity index (χ2n) is 4.19. The molecule has 1 aromatic rings. The topological polar surface area (TPSA) is 30.7 Å². The Morgan fingerprint density at radius 2 is 2.00 bits per heavy atom. The Bertz CT molecular complexity index is 273. The largest absolute Gasteiger partial charge is 0.249 e. The molecule has 0 aliphatic carbocycles. The molecule has 4 heteroatoms. The number of nitrogens with zero attached hydrogens (tertiary/aromatic N) is 3. The van der Waals surface area contributed by atoms with Crippen molar-refractivity contribution in [1.29, 1.82) is 0 Å². The molecule has 92 valence electrons. The third-order valence-electron chi connectivity index (χ3n) is 2.76. The highest BCUT2D eigenvalue weighted by Crippen LogP contribution is 2.07. The van der Waals surface area contributed by atoms with Gasteiger partial charge in [-0.15, -0.1) is 5.10 Å². The number of unbranched alkanes of at least 4 members (excludes halogenated alkanes) is 4. The van der Waals surface area contributed by atoms with Crippen molar-refractivity contribution < 1.29 is 0 Å². The molecule has 1 rings (SSSR count). The molecule has 0 aliphatic rings. The number of aromatic nitrogens is 3. The van der Waals surface area contributed by atoms with Gasteiger partial charge in [-0.25, -0.2) is 4.68 Å². The predicted octanol–water partition coefficient (Wildman–Crippen LogP) is 3.11. The first-order valence-corrected chi connectivity index (χ1v) is 7.00. The standard InChI is InChI=1S/C12H23N3S/c1-2-3-4-5-6-9-15-12(8-7-10-16)11-13-14-15/h11,16H,2-10H2,1H3. The minimum atomic E-state index is 0.932. The average molecular weight is 241 g/mol. The van der Waals surface area contributed by atoms with Crippen LogP contribution in [0.3, 0.4) is 0 Å². The zero-order valence-electron chi connectivity index (χ0n) is 10.2. The lowest BCUT2D eigenvalue weighted by Gasteiger charge is -2.05. The van der Waals surface area contributed by atoms with Crippen LogP contribution in [0.5, 0.6) is 0 Å². The van der Waals surface area contributed by atoms with Crippen LogP contribution in [0.4, 0.5) is 0 Å². The van der Waals surface area contributed by atoms with Crippen LogP contribution in [0.2, 0.25) is 0 Å². The first-order valence-electron chi connectivity index (χ1n) is 6.36. The van der Waals surface area contributed by atoms with E-state index in [1.807, 2.05) is 6.20 Å². The van der Waals surface area contributed by atoms with Crippen molar-refractivity contribution in [2.75, 3.05) is 5.75 Å². The first-order chi connectivity index (χ1) is 7.88. The summed E-state index contributed by atoms with van der Waals surface area (Å²) < 4.78 is 2.05. The number of aryl methyl sites for hydroxylation is 2. The fourth-order valence-electron chi connectivity index (χ4n) is 1.79. The van der Waals surface area contributed by atoms with Crippen molar-refractivity contribution in [3.8, 4) is 0 Å². The van der Waals surface area contributed by atoms with Gasteiger partial charge in [0.2, 0.25) is 0 Å². The summed E-state index contributed by atoms with van der Waals surface area (Å²) in [5, 5.41) is 8.11. The predicted molar refractivity (Wildman–Crippen MR) is 71.0 cm³/mol. The fourth-order valence-corrected chi connectivity index (χ4v) is 1.94. The maximum absolute atomic E-state index is 4.22. The lowest BCUT2D eigenvalue weighted by atomic mass is 10.1. The Kier molecular flexibility index (Phi) is 7.30. The maximum Gasteiger partial charge on any atom is 0.0725 e. The summed E-state index contributed by atoms with van der Waals surface area (Å²) in [5.41, 5.74) is 1.25. The maximum atomic E-state index is 4.22. The van der Waals surface area contributed by atoms with E-state index in [1.54, 1.807) is 0 Å². The second-order valence-corrected chi connectivity index (χ2v) is 4.64. The normalized spacial score (nSPS) is 10.9. The van der Waals surface area contributed by atoms with Crippen molar-refractivity contribution >= 4 is 12.6 Å². The number of hydrogen-bond donors (Lipinski definition) is 1. The van der Waals surface area contributed by atoms with Gasteiger partial charge in [-0.05, 0) is 25.0 Å². The minimum Gasteiger partial charge on any atom is -0.249 e. The van der Waals surface area contributed by atoms with Crippen LogP contribution in [0.25, 0.3) is 0 Å². The van der Waals surface area contributed by atoms with Crippen LogP contribution in [-0.4, -0.2) is 20.7 Å². The third-order valence-corrected chi connectivity index (χ3v) is 3.08. The van der Waals surface area contributed by atoms with Gasteiger partial charge < -0.3 is 0 Å². The zero-order chi connectivity index (χ0) is 11.6. The van der Waals surface area contributed by atoms with Crippen molar-refractivity contribution in [3.05, 3.63) is 11.9 Å². The number of rotatable bonds is 9. The third kappa shape index (κ3) is 5.01. The molecule has 0 radical (unpaired) electrons. The smallest absolute Gasteiger partial charge is 0.0725 e. The lowest BCUT2D eigenvalue weighted by molar-refractivity contribution is 0.505. The average Bonchev–Trinajstić information content (AvgIpc) is 2.74. The molecule has 1 heterocycles. The quantitative estimate of drug-likeness (QED) is 0.532. The first kappa shape index (κ1) is 13.6. The summed E-state index contributed by atoms with van der Waals surface area (Å²) in [6.07, 6.45) is 10.6. The number of hydrogen-bond acceptors (Lipinski definition) is 3. The van der Waals surface area contributed by atoms with Gasteiger partial charge in [-0.3, -0.25) is 0 Å². The highest BCUT2D eigenvalue weighted by Gasteiger charge is 2.02. The van der Waals surface area contributed by atoms with Gasteiger partial charge in [0, 0.05) is 6.54 Å². The van der Waals surface area contributed by atoms with E-state index < -0.39 is 0 Å². The Balaban J connectivity index is 2.22. The summed E-state index contributed by atoms with van der Waals surface area (Å²) >= 11 is 4.22. The molecule has 0 unspecified atom stereocenters. The molecule has 0 aromatic carbocycles. The summed E-state index contributed by atoms with van der Waals surface area (Å²) in [7, 11) is 0. The highest BCUT2D eigenvalue weighted by atomic mass is 32.1. The van der Waals surface area contributed by atoms with Gasteiger partial charge in [0.25, 0.3) is 0 Å². The van der Waals surface area contributed by atoms with E-state index in [0.29, 0.717) is 0 Å². The molecule has 0 fully saturated rings. The van der Waals surface area contributed by atoms with E-state index in [-0.39, 0.29) is 0 Å². The van der Waals surface area contributed by atoms with Crippen LogP contribution in [0, 0.1) is 0 Å². The molecule has 0 N–H and O–H groups in total. The molecule has 0 amide bonds. The van der Waals surface area contributed by atoms with Gasteiger partial charge in [-0.1, -0.05) is 37.8 Å². The molecule has 16 heavy (non-hydrogen) atoms. The number of thiol groups is 1. The minimum absolute atomic E-state index is 0.932. The van der Waals surface area contributed by atoms with Gasteiger partial charge in [-0.2, -0.15) is 12.6 Å². The van der Waals surface area contributed by atoms with Crippen LogP contribution in [0.15, 0.2) is 6.20 Å². The SMILES string of the molecule is CCCCCCCn1nncc1CCCS. The second kappa shape index (κ2) is 8.62. The Morgan fingerprint density at radius 1 is 1.19 bits per heavy atom. The van der Waals surface area contributed by atoms with Crippen LogP contribution in [0.1, 0.15) is 51.1 Å². The molecular weight excluding hydrogens is 218 g/mol. The summed E-state index contributed by atoms with van der Waals surface area (Å²) in [4.78, 5) is 0. The van der Waals surface area contributed by atoms with E-state index >= 15 is 0 Å². The Morgan fingerprint density at radius 3 is 2.75 bits per heavy atom. The van der Waals surface area contributed by atoms with Crippen molar-refractivity contribution in [1.82, 2.24) is 15.0 Å². The highest BCUT2D eigenvalue weighted by molar-refractivity contribution is 7.80. The zero-order valence-corrected chi connectivity index (χ0v) is 11.1. The van der Waals surface area contributed by atoms with E-state index in [1.165, 1.54) is 37.8 Å². The van der Waals surface area contributed by atoms with Gasteiger partial charge in [0.15, 0.2) is 0 Å². The molecule has 0 bridgehead atoms. The Hall–Kier alpha value is -0.510. The fraction of sp³-hybridized carbons (Fsp3) is 0.833. The van der Waals surface area contributed by atoms with Gasteiger partial charge in [0.05, 0.1) is 11.9 Å². The lowest BCUT2D eigenvalue weighted by Crippen LogP contribution is -2.05. The Labute approximate surface area is 104 Å². The molecule has 1 aromatic heterocycles. The van der Waals surface area contributed by atoms with Crippen molar-refractivity contribution in [2.45, 2.75) is 58.4 Å². The molecular formula is C12H23N3S. The molecule has 3 nitrogen and oxygen atoms in total. The molecule has 0 saturated carbocycles. The van der Waals surface area contributed by atoms with E-state index in [2.05, 4.69) is 34.5 Å². The van der Waals surface area contributed by atoms with E-state index in [0.717, 1.165) is 25.1 Å². The van der Waals surface area contributed by atoms with Crippen molar-refractivity contribution in [2.24, 2.45) is 0 Å². The summed E-state index contributed by atoms with van der Waals surface area (Å²) in [5.74, 6) is 0.932. The van der Waals surface area contributed by atoms with E-state index in [9.17, 15) is 0 Å². The summed E-state index contributed by atoms with van der Waals surface area (Å²) in [6.45, 7) is 3.26. The molecule has 0 saturated heterocycles. The molecule has 0 spiro atoms. The van der Waals surface area contributed by atoms with Gasteiger partial charge in [0.1, 0.15) is 0 Å². The van der Waals surface area contributed by atoms with E-state index in [4.69, 9.17) is 0 Å². The van der Waals surface area contributed by atoms with Crippen LogP contribution < -0.4 is 0 Å². The van der Waals surface area contributed by atoms with Crippen LogP contribution in [-0.2, 0) is 13.0 Å².